The number of aryl methyl sites for hydroxylation is 2. The molecule has 0 radical (unpaired) electrons. The van der Waals surface area contributed by atoms with E-state index in [4.69, 9.17) is 192 Å². The summed E-state index contributed by atoms with van der Waals surface area (Å²) in [6.07, 6.45) is -1.01. The fraction of sp³-hybridized carbons (Fsp3) is 0.318. The number of ether oxygens (including phenoxy) is 5. The van der Waals surface area contributed by atoms with E-state index in [1.807, 2.05) is 100 Å². The van der Waals surface area contributed by atoms with Gasteiger partial charge in [-0.25, -0.2) is 24.9 Å². The molecule has 778 valence electrons. The quantitative estimate of drug-likeness (QED) is 0.0165. The Morgan fingerprint density at radius 1 is 0.451 bits per heavy atom. The van der Waals surface area contributed by atoms with E-state index in [1.54, 1.807) is 65.0 Å². The maximum absolute atomic E-state index is 12.1. The van der Waals surface area contributed by atoms with Crippen LogP contribution in [0, 0.1) is 71.1 Å². The van der Waals surface area contributed by atoms with E-state index in [9.17, 15) is 47.7 Å². The highest BCUT2D eigenvalue weighted by molar-refractivity contribution is 8.24. The van der Waals surface area contributed by atoms with Crippen LogP contribution in [0.25, 0.3) is 5.69 Å². The molecule has 2 amide bonds. The average molecular weight is 2330 g/mol. The lowest BCUT2D eigenvalue weighted by Gasteiger charge is -2.15. The first-order valence-corrected chi connectivity index (χ1v) is 49.3. The van der Waals surface area contributed by atoms with Crippen molar-refractivity contribution in [2.75, 3.05) is 23.5 Å². The lowest BCUT2D eigenvalue weighted by molar-refractivity contribution is -0.114. The van der Waals surface area contributed by atoms with Crippen molar-refractivity contribution in [3.8, 4) is 64.3 Å². The van der Waals surface area contributed by atoms with E-state index in [0.29, 0.717) is 104 Å². The molecule has 0 aliphatic rings. The molecule has 12 aromatic rings. The van der Waals surface area contributed by atoms with Gasteiger partial charge in [-0.15, -0.1) is 51.0 Å². The van der Waals surface area contributed by atoms with E-state index in [-0.39, 0.29) is 164 Å². The first-order valence-electron chi connectivity index (χ1n) is 39.9. The number of amides is 2. The minimum Gasteiger partial charge on any atom is -0.450 e. The molecule has 0 fully saturated rings. The number of aromatic nitrogens is 17. The van der Waals surface area contributed by atoms with Gasteiger partial charge in [-0.05, 0) is 190 Å². The summed E-state index contributed by atoms with van der Waals surface area (Å²) in [5.74, 6) is 0.836. The standard InChI is InChI=1S/C20H20Cl2N6O5.C18H14Cl2N6O4.C14H14Cl3N3O.C14H15Cl2N3O2.C8H10Cl2N2.C5H4Cl2N2.C5H6N2O2.4CH4.Cl3OP/c1-5-32-20(31)24-17(29)14(8-23)26-25-11-6-12(21)16(13(22)7-11)33-19-10(4)15(9(2)3)18(30)27-28-19;1-7(2)13-8(3)17(24-23-16(13)28)30-14-10(19)4-9(5-11(14)20)26-18(29)22-15(27)12(6-21)25-26;1-6(2)11-7(3)14(20-19-13(11)17)21-12-9(15)4-8(18)5-10(12)16;1-6(2)11-7(3)14(19-18-13(11)20)21-12-9(15)4-8(17)5-10(12)16;1-4(2)6-5(3)7(9)11-12-8(6)10;1-3-2-4(6)8-9-5(3)7;1-3-2-4(8)6-7-5(3)9;;;;;1-5(2,3)4/h6-7,9,25H,5H2,1-4H3,(H,27,30)(H,24,29,31);4-5,7H,1-3H3,(H,23,28)(H,22,27,29);4-6H,18H2,1-3H3;4-6H,17H2,1-3H3,(H,18,20);4H,1-3H3;2H,1H3;2H,1H3,(H,6,8)(H,7,9);4*1H4;/b26-14+;;;;;;;;;;;. The molecule has 4 aromatic carbocycles. The molecule has 8 heterocycles. The third kappa shape index (κ3) is 38.5. The second-order valence-electron chi connectivity index (χ2n) is 30.0. The van der Waals surface area contributed by atoms with E-state index >= 15 is 0 Å². The Labute approximate surface area is 905 Å². The van der Waals surface area contributed by atoms with E-state index < -0.39 is 39.9 Å². The molecular formula is C88H99Cl16N24O15P. The number of halogens is 16. The molecule has 0 saturated carbocycles. The summed E-state index contributed by atoms with van der Waals surface area (Å²) >= 11 is 92.1. The number of H-pyrrole nitrogens is 6. The molecule has 12 rings (SSSR count). The van der Waals surface area contributed by atoms with Gasteiger partial charge >= 0.3 is 17.0 Å². The number of nitrogens with zero attached hydrogens (tertiary/aromatic N) is 14. The van der Waals surface area contributed by atoms with Crippen molar-refractivity contribution in [3.05, 3.63) is 272 Å². The molecule has 0 spiro atoms. The molecule has 0 unspecified atom stereocenters. The van der Waals surface area contributed by atoms with Gasteiger partial charge in [-0.1, -0.05) is 250 Å². The predicted octanol–water partition coefficient (Wildman–Crippen LogP) is 25.4. The van der Waals surface area contributed by atoms with Gasteiger partial charge in [-0.3, -0.25) is 64.1 Å². The zero-order valence-corrected chi connectivity index (χ0v) is 89.4. The largest absolute Gasteiger partial charge is 0.450 e. The van der Waals surface area contributed by atoms with Gasteiger partial charge in [0, 0.05) is 67.5 Å². The Hall–Kier alpha value is -10.9. The minimum atomic E-state index is -3.22. The zero-order valence-electron chi connectivity index (χ0n) is 76.4. The average Bonchev–Trinajstić information content (AvgIpc) is 0.796. The van der Waals surface area contributed by atoms with Gasteiger partial charge in [0.15, 0.2) is 48.8 Å². The molecule has 0 aliphatic carbocycles. The lowest BCUT2D eigenvalue weighted by Crippen LogP contribution is -2.36. The van der Waals surface area contributed by atoms with Gasteiger partial charge in [-0.2, -0.15) is 20.3 Å². The lowest BCUT2D eigenvalue weighted by atomic mass is 10.0. The van der Waals surface area contributed by atoms with Gasteiger partial charge < -0.3 is 35.2 Å². The van der Waals surface area contributed by atoms with Crippen molar-refractivity contribution < 1.29 is 37.8 Å². The number of carbonyl (C=O) groups excluding carboxylic acids is 2. The number of nitriles is 2. The van der Waals surface area contributed by atoms with Gasteiger partial charge in [0.1, 0.15) is 12.1 Å². The van der Waals surface area contributed by atoms with Gasteiger partial charge in [0.25, 0.3) is 39.3 Å². The van der Waals surface area contributed by atoms with Crippen LogP contribution in [0.5, 0.6) is 46.5 Å². The number of hydrogen-bond acceptors (Lipinski definition) is 31. The Bertz CT molecular complexity index is 7110. The van der Waals surface area contributed by atoms with Crippen LogP contribution in [0.4, 0.5) is 21.9 Å². The van der Waals surface area contributed by atoms with Gasteiger partial charge in [0.05, 0.1) is 58.2 Å². The third-order valence-electron chi connectivity index (χ3n) is 17.9. The van der Waals surface area contributed by atoms with Crippen molar-refractivity contribution in [3.63, 3.8) is 0 Å². The summed E-state index contributed by atoms with van der Waals surface area (Å²) in [5, 5.41) is 73.0. The Balaban J connectivity index is 0.000000862. The van der Waals surface area contributed by atoms with Crippen LogP contribution in [0.1, 0.15) is 208 Å². The molecular weight excluding hydrogens is 2230 g/mol. The number of anilines is 3. The van der Waals surface area contributed by atoms with Crippen molar-refractivity contribution in [1.29, 1.82) is 10.5 Å². The number of nitrogens with two attached hydrogens (primary N) is 2. The van der Waals surface area contributed by atoms with Crippen LogP contribution < -0.4 is 80.2 Å². The van der Waals surface area contributed by atoms with Crippen LogP contribution in [-0.4, -0.2) is 110 Å². The molecule has 0 aliphatic heterocycles. The molecule has 56 heteroatoms. The number of carbonyl (C=O) groups is 2. The van der Waals surface area contributed by atoms with E-state index in [1.165, 1.54) is 42.5 Å². The first-order chi connectivity index (χ1) is 65.3. The zero-order chi connectivity index (χ0) is 106. The summed E-state index contributed by atoms with van der Waals surface area (Å²) in [6, 6.07) is 17.7. The SMILES string of the molecule is C.C.C.C.CCOC(=O)NC(=O)/C(C#N)=N/Nc1cc(Cl)c(Oc2n[nH]c(=O)c(C(C)C)c2C)c(Cl)c1.Cc1c(Cl)nnc(Cl)c1C(C)C.Cc1c(Oc2c(Cl)cc(-n3nc(C#N)c(=O)[nH]c3=O)cc2Cl)n[nH]c(=O)c1C(C)C.Cc1c(Oc2c(Cl)cc(N)cc2Cl)n[nH]c(=O)c1C(C)C.Cc1c(Oc2c(Cl)cc(N)cc2Cl)nnc(Cl)c1C(C)C.Cc1cc(=O)[nH][nH]c1=O.Cc1cc(Cl)nnc1Cl.O=P(Cl)(Cl)Cl. The summed E-state index contributed by atoms with van der Waals surface area (Å²) in [4.78, 5) is 106. The maximum atomic E-state index is 12.1. The van der Waals surface area contributed by atoms with Crippen molar-refractivity contribution in [2.24, 2.45) is 5.10 Å². The number of nitrogen functional groups attached to an aromatic ring is 2. The van der Waals surface area contributed by atoms with Crippen LogP contribution in [0.3, 0.4) is 0 Å². The number of imide groups is 1. The maximum Gasteiger partial charge on any atom is 0.414 e. The van der Waals surface area contributed by atoms with Gasteiger partial charge in [0.2, 0.25) is 34.9 Å². The van der Waals surface area contributed by atoms with Crippen LogP contribution in [-0.2, 0) is 14.1 Å². The van der Waals surface area contributed by atoms with E-state index in [2.05, 4.69) is 125 Å². The highest BCUT2D eigenvalue weighted by atomic mass is 36.0. The van der Waals surface area contributed by atoms with E-state index in [0.717, 1.165) is 32.5 Å². The number of nitrogens with one attached hydrogen (secondary N) is 8. The smallest absolute Gasteiger partial charge is 0.414 e. The highest BCUT2D eigenvalue weighted by Gasteiger charge is 2.26. The number of benzene rings is 4. The molecule has 12 N–H and O–H groups in total. The molecule has 0 saturated heterocycles. The topological polar surface area (TPSA) is 581 Å². The third-order valence-corrected chi connectivity index (χ3v) is 21.6. The second kappa shape index (κ2) is 60.3. The van der Waals surface area contributed by atoms with Crippen LogP contribution in [0.2, 0.25) is 65.9 Å². The predicted molar refractivity (Wildman–Crippen MR) is 575 cm³/mol. The van der Waals surface area contributed by atoms with Crippen LogP contribution >= 0.6 is 190 Å². The number of hydrazone groups is 1. The summed E-state index contributed by atoms with van der Waals surface area (Å²) in [7, 11) is 0. The number of hydrogen-bond donors (Lipinski definition) is 10. The monoisotopic (exact) mass is 2320 g/mol. The molecule has 0 atom stereocenters. The summed E-state index contributed by atoms with van der Waals surface area (Å²) < 4.78 is 37.7. The number of aromatic amines is 6. The molecule has 0 bridgehead atoms. The Morgan fingerprint density at radius 2 is 0.799 bits per heavy atom. The minimum absolute atomic E-state index is 0. The Morgan fingerprint density at radius 3 is 1.14 bits per heavy atom. The Kier molecular flexibility index (Phi) is 54.9. The molecule has 144 heavy (non-hydrogen) atoms. The molecule has 39 nitrogen and oxygen atoms in total. The highest BCUT2D eigenvalue weighted by Crippen LogP contribution is 2.61. The van der Waals surface area contributed by atoms with Crippen molar-refractivity contribution in [1.82, 2.24) is 91.5 Å². The number of rotatable bonds is 18. The first kappa shape index (κ1) is 131. The van der Waals surface area contributed by atoms with Crippen molar-refractivity contribution in [2.45, 2.75) is 184 Å². The summed E-state index contributed by atoms with van der Waals surface area (Å²) in [5.41, 5.74) is 18.9. The second-order valence-corrected chi connectivity index (χ2v) is 41.7. The van der Waals surface area contributed by atoms with Crippen LogP contribution in [0.15, 0.2) is 99.3 Å². The fourth-order valence-corrected chi connectivity index (χ4v) is 15.3. The summed E-state index contributed by atoms with van der Waals surface area (Å²) in [6.45, 7) is 33.4. The number of alkyl carbamates (subject to hydrolysis) is 1. The fourth-order valence-electron chi connectivity index (χ4n) is 11.8. The normalized spacial score (nSPS) is 10.5. The molecule has 8 aromatic heterocycles. The van der Waals surface area contributed by atoms with Crippen molar-refractivity contribution >= 4 is 225 Å².